The monoisotopic (exact) mass is 348 g/mol. The minimum atomic E-state index is -4.29. The molecule has 0 aromatic heterocycles. The number of hydrogen-bond acceptors (Lipinski definition) is 3. The Hall–Kier alpha value is -2.05. The van der Waals surface area contributed by atoms with Gasteiger partial charge in [0.2, 0.25) is 0 Å². The predicted molar refractivity (Wildman–Crippen MR) is 89.2 cm³/mol. The van der Waals surface area contributed by atoms with Crippen LogP contribution in [0.25, 0.3) is 0 Å². The van der Waals surface area contributed by atoms with Crippen LogP contribution < -0.4 is 10.6 Å². The number of ether oxygens (including phenoxy) is 1. The van der Waals surface area contributed by atoms with Crippen molar-refractivity contribution in [3.05, 3.63) is 65.2 Å². The SMILES string of the molecule is FC(F)(F)c1ccc(CNc2ccc(C3OC4CNC3C4)cc2)cc1. The van der Waals surface area contributed by atoms with Gasteiger partial charge in [-0.05, 0) is 41.8 Å². The summed E-state index contributed by atoms with van der Waals surface area (Å²) in [5.41, 5.74) is 2.26. The Morgan fingerprint density at radius 1 is 1.04 bits per heavy atom. The van der Waals surface area contributed by atoms with Crippen molar-refractivity contribution in [2.75, 3.05) is 11.9 Å². The fourth-order valence-corrected chi connectivity index (χ4v) is 3.49. The Bertz CT molecular complexity index is 728. The largest absolute Gasteiger partial charge is 0.416 e. The zero-order valence-electron chi connectivity index (χ0n) is 13.5. The molecule has 2 saturated heterocycles. The molecule has 0 radical (unpaired) electrons. The molecule has 6 heteroatoms. The van der Waals surface area contributed by atoms with Gasteiger partial charge >= 0.3 is 6.18 Å². The van der Waals surface area contributed by atoms with Crippen LogP contribution in [-0.4, -0.2) is 18.7 Å². The molecular formula is C19H19F3N2O. The van der Waals surface area contributed by atoms with Crippen molar-refractivity contribution < 1.29 is 17.9 Å². The fraction of sp³-hybridized carbons (Fsp3) is 0.368. The number of morpholine rings is 1. The molecule has 2 aromatic rings. The molecular weight excluding hydrogens is 329 g/mol. The zero-order valence-corrected chi connectivity index (χ0v) is 13.5. The van der Waals surface area contributed by atoms with Gasteiger partial charge in [0.15, 0.2) is 0 Å². The first kappa shape index (κ1) is 16.4. The molecule has 2 N–H and O–H groups in total. The van der Waals surface area contributed by atoms with E-state index in [0.29, 0.717) is 18.7 Å². The minimum Gasteiger partial charge on any atom is -0.381 e. The van der Waals surface area contributed by atoms with E-state index in [9.17, 15) is 13.2 Å². The van der Waals surface area contributed by atoms with E-state index in [1.165, 1.54) is 12.1 Å². The second-order valence-corrected chi connectivity index (χ2v) is 6.60. The lowest BCUT2D eigenvalue weighted by Gasteiger charge is -2.23. The van der Waals surface area contributed by atoms with Crippen molar-refractivity contribution in [3.63, 3.8) is 0 Å². The van der Waals surface area contributed by atoms with Gasteiger partial charge in [-0.3, -0.25) is 0 Å². The highest BCUT2D eigenvalue weighted by molar-refractivity contribution is 5.46. The quantitative estimate of drug-likeness (QED) is 0.872. The number of fused-ring (bicyclic) bond motifs is 2. The minimum absolute atomic E-state index is 0.114. The molecule has 2 aromatic carbocycles. The van der Waals surface area contributed by atoms with Crippen molar-refractivity contribution in [2.24, 2.45) is 0 Å². The highest BCUT2D eigenvalue weighted by atomic mass is 19.4. The average Bonchev–Trinajstić information content (AvgIpc) is 3.23. The molecule has 0 amide bonds. The van der Waals surface area contributed by atoms with Crippen LogP contribution in [0.15, 0.2) is 48.5 Å². The average molecular weight is 348 g/mol. The summed E-state index contributed by atoms with van der Waals surface area (Å²) < 4.78 is 43.7. The van der Waals surface area contributed by atoms with Crippen molar-refractivity contribution in [1.82, 2.24) is 5.32 Å². The highest BCUT2D eigenvalue weighted by Crippen LogP contribution is 2.37. The summed E-state index contributed by atoms with van der Waals surface area (Å²) in [6.07, 6.45) is -2.79. The number of anilines is 1. The van der Waals surface area contributed by atoms with E-state index in [1.807, 2.05) is 24.3 Å². The number of rotatable bonds is 4. The lowest BCUT2D eigenvalue weighted by atomic mass is 10.0. The van der Waals surface area contributed by atoms with Crippen LogP contribution >= 0.6 is 0 Å². The highest BCUT2D eigenvalue weighted by Gasteiger charge is 2.41. The molecule has 2 bridgehead atoms. The molecule has 3 unspecified atom stereocenters. The van der Waals surface area contributed by atoms with Crippen LogP contribution in [0.5, 0.6) is 0 Å². The van der Waals surface area contributed by atoms with Crippen molar-refractivity contribution >= 4 is 5.69 Å². The van der Waals surface area contributed by atoms with Gasteiger partial charge in [-0.1, -0.05) is 24.3 Å². The predicted octanol–water partition coefficient (Wildman–Crippen LogP) is 4.12. The molecule has 25 heavy (non-hydrogen) atoms. The lowest BCUT2D eigenvalue weighted by molar-refractivity contribution is -0.137. The molecule has 2 fully saturated rings. The van der Waals surface area contributed by atoms with E-state index in [0.717, 1.165) is 41.9 Å². The molecule has 0 aliphatic carbocycles. The van der Waals surface area contributed by atoms with Crippen molar-refractivity contribution in [2.45, 2.75) is 37.4 Å². The summed E-state index contributed by atoms with van der Waals surface area (Å²) >= 11 is 0. The second kappa shape index (κ2) is 6.35. The summed E-state index contributed by atoms with van der Waals surface area (Å²) in [6.45, 7) is 1.41. The molecule has 2 aliphatic rings. The number of hydrogen-bond donors (Lipinski definition) is 2. The Balaban J connectivity index is 1.35. The number of nitrogens with one attached hydrogen (secondary N) is 2. The molecule has 132 valence electrons. The lowest BCUT2D eigenvalue weighted by Crippen LogP contribution is -2.33. The number of benzene rings is 2. The van der Waals surface area contributed by atoms with Gasteiger partial charge in [0, 0.05) is 24.8 Å². The van der Waals surface area contributed by atoms with Crippen LogP contribution in [0.2, 0.25) is 0 Å². The van der Waals surface area contributed by atoms with Gasteiger partial charge in [-0.2, -0.15) is 13.2 Å². The van der Waals surface area contributed by atoms with E-state index in [-0.39, 0.29) is 6.10 Å². The summed E-state index contributed by atoms with van der Waals surface area (Å²) in [5.74, 6) is 0. The molecule has 0 saturated carbocycles. The first-order chi connectivity index (χ1) is 12.0. The molecule has 3 nitrogen and oxygen atoms in total. The van der Waals surface area contributed by atoms with E-state index < -0.39 is 11.7 Å². The van der Waals surface area contributed by atoms with Crippen LogP contribution in [0.1, 0.15) is 29.2 Å². The van der Waals surface area contributed by atoms with E-state index in [4.69, 9.17) is 4.74 Å². The molecule has 2 heterocycles. The fourth-order valence-electron chi connectivity index (χ4n) is 3.49. The van der Waals surface area contributed by atoms with E-state index in [2.05, 4.69) is 10.6 Å². The maximum absolute atomic E-state index is 12.6. The Kier molecular flexibility index (Phi) is 4.17. The standard InChI is InChI=1S/C19H19F3N2O/c20-19(21,22)14-5-1-12(2-6-14)10-23-15-7-3-13(4-8-15)18-17-9-16(25-18)11-24-17/h1-8,16-18,23-24H,9-11H2. The Labute approximate surface area is 144 Å². The van der Waals surface area contributed by atoms with Gasteiger partial charge in [0.1, 0.15) is 0 Å². The van der Waals surface area contributed by atoms with Crippen LogP contribution in [0.3, 0.4) is 0 Å². The van der Waals surface area contributed by atoms with E-state index >= 15 is 0 Å². The van der Waals surface area contributed by atoms with E-state index in [1.54, 1.807) is 0 Å². The molecule has 3 atom stereocenters. The van der Waals surface area contributed by atoms with Crippen molar-refractivity contribution in [1.29, 1.82) is 0 Å². The number of halogens is 3. The summed E-state index contributed by atoms with van der Waals surface area (Å²) in [7, 11) is 0. The van der Waals surface area contributed by atoms with Gasteiger partial charge in [-0.15, -0.1) is 0 Å². The summed E-state index contributed by atoms with van der Waals surface area (Å²) in [4.78, 5) is 0. The van der Waals surface area contributed by atoms with Crippen LogP contribution in [0, 0.1) is 0 Å². The Morgan fingerprint density at radius 2 is 1.76 bits per heavy atom. The zero-order chi connectivity index (χ0) is 17.4. The first-order valence-electron chi connectivity index (χ1n) is 8.38. The summed E-state index contributed by atoms with van der Waals surface area (Å²) in [6, 6.07) is 13.7. The smallest absolute Gasteiger partial charge is 0.381 e. The van der Waals surface area contributed by atoms with Crippen LogP contribution in [0.4, 0.5) is 18.9 Å². The van der Waals surface area contributed by atoms with Gasteiger partial charge in [0.05, 0.1) is 17.8 Å². The first-order valence-corrected chi connectivity index (χ1v) is 8.38. The second-order valence-electron chi connectivity index (χ2n) is 6.60. The third-order valence-corrected chi connectivity index (χ3v) is 4.85. The maximum Gasteiger partial charge on any atom is 0.416 e. The number of alkyl halides is 3. The third kappa shape index (κ3) is 3.50. The molecule has 0 spiro atoms. The molecule has 2 aliphatic heterocycles. The van der Waals surface area contributed by atoms with Crippen LogP contribution in [-0.2, 0) is 17.5 Å². The van der Waals surface area contributed by atoms with Gasteiger partial charge in [-0.25, -0.2) is 0 Å². The van der Waals surface area contributed by atoms with Crippen molar-refractivity contribution in [3.8, 4) is 0 Å². The van der Waals surface area contributed by atoms with Gasteiger partial charge < -0.3 is 15.4 Å². The topological polar surface area (TPSA) is 33.3 Å². The third-order valence-electron chi connectivity index (χ3n) is 4.85. The Morgan fingerprint density at radius 3 is 2.32 bits per heavy atom. The molecule has 4 rings (SSSR count). The maximum atomic E-state index is 12.6. The normalized spacial score (nSPS) is 25.3. The summed E-state index contributed by atoms with van der Waals surface area (Å²) in [5, 5.41) is 6.69. The van der Waals surface area contributed by atoms with Gasteiger partial charge in [0.25, 0.3) is 0 Å².